The summed E-state index contributed by atoms with van der Waals surface area (Å²) < 4.78 is 0. The van der Waals surface area contributed by atoms with Gasteiger partial charge >= 0.3 is 0 Å². The molecule has 0 aliphatic heterocycles. The van der Waals surface area contributed by atoms with Crippen LogP contribution in [0.4, 0.5) is 0 Å². The van der Waals surface area contributed by atoms with E-state index in [9.17, 15) is 0 Å². The minimum atomic E-state index is 0.130. The third kappa shape index (κ3) is 2.55. The van der Waals surface area contributed by atoms with E-state index >= 15 is 0 Å². The van der Waals surface area contributed by atoms with Crippen molar-refractivity contribution in [2.24, 2.45) is 0 Å². The van der Waals surface area contributed by atoms with Crippen LogP contribution in [0.25, 0.3) is 11.0 Å². The Morgan fingerprint density at radius 3 is 2.89 bits per heavy atom. The SMILES string of the molecule is C=CC1(NC(=C)CCc2nc3ccccc3[nH]2)CC1. The minimum Gasteiger partial charge on any atom is -0.380 e. The van der Waals surface area contributed by atoms with Crippen LogP contribution in [0.15, 0.2) is 49.2 Å². The molecular formula is C16H19N3. The zero-order valence-corrected chi connectivity index (χ0v) is 11.1. The van der Waals surface area contributed by atoms with Gasteiger partial charge in [-0.1, -0.05) is 24.8 Å². The van der Waals surface area contributed by atoms with Gasteiger partial charge in [-0.05, 0) is 31.4 Å². The maximum Gasteiger partial charge on any atom is 0.107 e. The predicted octanol–water partition coefficient (Wildman–Crippen LogP) is 3.32. The van der Waals surface area contributed by atoms with Crippen molar-refractivity contribution in [3.8, 4) is 0 Å². The molecule has 0 saturated heterocycles. The van der Waals surface area contributed by atoms with Gasteiger partial charge in [0.05, 0.1) is 16.6 Å². The summed E-state index contributed by atoms with van der Waals surface area (Å²) in [4.78, 5) is 7.92. The Morgan fingerprint density at radius 2 is 2.21 bits per heavy atom. The molecule has 0 bridgehead atoms. The molecule has 3 nitrogen and oxygen atoms in total. The van der Waals surface area contributed by atoms with E-state index in [1.54, 1.807) is 0 Å². The van der Waals surface area contributed by atoms with E-state index in [1.165, 1.54) is 12.8 Å². The molecule has 19 heavy (non-hydrogen) atoms. The number of imidazole rings is 1. The number of hydrogen-bond acceptors (Lipinski definition) is 2. The Labute approximate surface area is 113 Å². The average Bonchev–Trinajstić information content (AvgIpc) is 3.06. The smallest absolute Gasteiger partial charge is 0.107 e. The Hall–Kier alpha value is -2.03. The zero-order chi connectivity index (χ0) is 13.3. The summed E-state index contributed by atoms with van der Waals surface area (Å²) in [5.41, 5.74) is 3.32. The lowest BCUT2D eigenvalue weighted by Crippen LogP contribution is -2.27. The van der Waals surface area contributed by atoms with Crippen LogP contribution in [-0.2, 0) is 6.42 Å². The molecule has 1 heterocycles. The van der Waals surface area contributed by atoms with Crippen molar-refractivity contribution >= 4 is 11.0 Å². The molecule has 1 aromatic heterocycles. The van der Waals surface area contributed by atoms with Crippen LogP contribution in [0.1, 0.15) is 25.1 Å². The molecule has 0 atom stereocenters. The summed E-state index contributed by atoms with van der Waals surface area (Å²) >= 11 is 0. The summed E-state index contributed by atoms with van der Waals surface area (Å²) in [7, 11) is 0. The highest BCUT2D eigenvalue weighted by Gasteiger charge is 2.39. The van der Waals surface area contributed by atoms with Gasteiger partial charge in [0.2, 0.25) is 0 Å². The first-order chi connectivity index (χ1) is 9.21. The Morgan fingerprint density at radius 1 is 1.42 bits per heavy atom. The number of aromatic amines is 1. The molecule has 3 heteroatoms. The second-order valence-electron chi connectivity index (χ2n) is 5.29. The number of aryl methyl sites for hydroxylation is 1. The van der Waals surface area contributed by atoms with Crippen LogP contribution >= 0.6 is 0 Å². The van der Waals surface area contributed by atoms with E-state index in [0.29, 0.717) is 0 Å². The molecule has 1 aliphatic carbocycles. The van der Waals surface area contributed by atoms with Gasteiger partial charge in [-0.25, -0.2) is 4.98 Å². The lowest BCUT2D eigenvalue weighted by Gasteiger charge is -2.15. The van der Waals surface area contributed by atoms with Crippen LogP contribution in [0.2, 0.25) is 0 Å². The second kappa shape index (κ2) is 4.57. The molecule has 1 aliphatic rings. The van der Waals surface area contributed by atoms with Gasteiger partial charge in [-0.3, -0.25) is 0 Å². The van der Waals surface area contributed by atoms with Crippen molar-refractivity contribution in [2.45, 2.75) is 31.2 Å². The first kappa shape index (κ1) is 12.0. The zero-order valence-electron chi connectivity index (χ0n) is 11.1. The minimum absolute atomic E-state index is 0.130. The topological polar surface area (TPSA) is 40.7 Å². The maximum absolute atomic E-state index is 4.57. The molecule has 3 rings (SSSR count). The average molecular weight is 253 g/mol. The second-order valence-corrected chi connectivity index (χ2v) is 5.29. The van der Waals surface area contributed by atoms with Gasteiger partial charge in [-0.15, -0.1) is 6.58 Å². The molecule has 0 unspecified atom stereocenters. The number of aromatic nitrogens is 2. The first-order valence-corrected chi connectivity index (χ1v) is 6.74. The molecular weight excluding hydrogens is 234 g/mol. The Balaban J connectivity index is 1.59. The number of nitrogens with one attached hydrogen (secondary N) is 2. The molecule has 0 amide bonds. The van der Waals surface area contributed by atoms with Crippen LogP contribution in [0.3, 0.4) is 0 Å². The van der Waals surface area contributed by atoms with E-state index in [4.69, 9.17) is 0 Å². The maximum atomic E-state index is 4.57. The van der Waals surface area contributed by atoms with Crippen molar-refractivity contribution in [2.75, 3.05) is 0 Å². The molecule has 1 saturated carbocycles. The van der Waals surface area contributed by atoms with E-state index in [2.05, 4.69) is 34.5 Å². The lowest BCUT2D eigenvalue weighted by molar-refractivity contribution is 0.641. The summed E-state index contributed by atoms with van der Waals surface area (Å²) in [6, 6.07) is 8.11. The van der Waals surface area contributed by atoms with Crippen molar-refractivity contribution in [3.63, 3.8) is 0 Å². The number of para-hydroxylation sites is 2. The normalized spacial score (nSPS) is 16.2. The highest BCUT2D eigenvalue weighted by Crippen LogP contribution is 2.37. The van der Waals surface area contributed by atoms with Gasteiger partial charge in [0.1, 0.15) is 5.82 Å². The lowest BCUT2D eigenvalue weighted by atomic mass is 10.2. The number of rotatable bonds is 6. The third-order valence-corrected chi connectivity index (χ3v) is 3.71. The fourth-order valence-electron chi connectivity index (χ4n) is 2.32. The first-order valence-electron chi connectivity index (χ1n) is 6.74. The van der Waals surface area contributed by atoms with E-state index in [0.717, 1.165) is 35.4 Å². The van der Waals surface area contributed by atoms with Crippen LogP contribution in [-0.4, -0.2) is 15.5 Å². The van der Waals surface area contributed by atoms with Gasteiger partial charge in [0.25, 0.3) is 0 Å². The number of fused-ring (bicyclic) bond motifs is 1. The Kier molecular flexibility index (Phi) is 2.90. The van der Waals surface area contributed by atoms with Crippen LogP contribution in [0.5, 0.6) is 0 Å². The Bertz CT molecular complexity index is 587. The summed E-state index contributed by atoms with van der Waals surface area (Å²) in [6.07, 6.45) is 6.11. The third-order valence-electron chi connectivity index (χ3n) is 3.71. The van der Waals surface area contributed by atoms with Crippen LogP contribution < -0.4 is 5.32 Å². The highest BCUT2D eigenvalue weighted by atomic mass is 15.0. The number of nitrogens with zero attached hydrogens (tertiary/aromatic N) is 1. The van der Waals surface area contributed by atoms with Gasteiger partial charge in [0, 0.05) is 12.1 Å². The van der Waals surface area contributed by atoms with E-state index < -0.39 is 0 Å². The molecule has 0 spiro atoms. The quantitative estimate of drug-likeness (QED) is 0.775. The molecule has 1 aromatic carbocycles. The highest BCUT2D eigenvalue weighted by molar-refractivity contribution is 5.74. The van der Waals surface area contributed by atoms with Gasteiger partial charge in [-0.2, -0.15) is 0 Å². The predicted molar refractivity (Wildman–Crippen MR) is 78.9 cm³/mol. The summed E-state index contributed by atoms with van der Waals surface area (Å²) in [5, 5.41) is 3.47. The van der Waals surface area contributed by atoms with Gasteiger partial charge < -0.3 is 10.3 Å². The molecule has 1 fully saturated rings. The standard InChI is InChI=1S/C16H19N3/c1-3-16(10-11-16)19-12(2)8-9-15-17-13-6-4-5-7-14(13)18-15/h3-7,19H,1-2,8-11H2,(H,17,18). The summed E-state index contributed by atoms with van der Waals surface area (Å²) in [5.74, 6) is 1.02. The number of benzene rings is 1. The fraction of sp³-hybridized carbons (Fsp3) is 0.312. The molecule has 2 N–H and O–H groups in total. The molecule has 98 valence electrons. The largest absolute Gasteiger partial charge is 0.380 e. The molecule has 0 radical (unpaired) electrons. The molecule has 2 aromatic rings. The van der Waals surface area contributed by atoms with Crippen molar-refractivity contribution in [3.05, 3.63) is 55.0 Å². The number of hydrogen-bond donors (Lipinski definition) is 2. The van der Waals surface area contributed by atoms with Crippen molar-refractivity contribution < 1.29 is 0 Å². The van der Waals surface area contributed by atoms with Crippen LogP contribution in [0, 0.1) is 0 Å². The number of allylic oxidation sites excluding steroid dienone is 1. The van der Waals surface area contributed by atoms with E-state index in [-0.39, 0.29) is 5.54 Å². The monoisotopic (exact) mass is 253 g/mol. The number of H-pyrrole nitrogens is 1. The van der Waals surface area contributed by atoms with Gasteiger partial charge in [0.15, 0.2) is 0 Å². The van der Waals surface area contributed by atoms with Crippen molar-refractivity contribution in [1.82, 2.24) is 15.3 Å². The van der Waals surface area contributed by atoms with E-state index in [1.807, 2.05) is 24.3 Å². The fourth-order valence-corrected chi connectivity index (χ4v) is 2.32. The van der Waals surface area contributed by atoms with Crippen molar-refractivity contribution in [1.29, 1.82) is 0 Å². The summed E-state index contributed by atoms with van der Waals surface area (Å²) in [6.45, 7) is 7.97.